The van der Waals surface area contributed by atoms with Crippen LogP contribution in [0, 0.1) is 0 Å². The van der Waals surface area contributed by atoms with Gasteiger partial charge in [0.1, 0.15) is 19.0 Å². The molecule has 0 saturated heterocycles. The highest BCUT2D eigenvalue weighted by atomic mass is 32.3. The van der Waals surface area contributed by atoms with Gasteiger partial charge in [-0.3, -0.25) is 0 Å². The topological polar surface area (TPSA) is 61.8 Å². The first-order valence-corrected chi connectivity index (χ1v) is 13.9. The third kappa shape index (κ3) is 5.59. The van der Waals surface area contributed by atoms with Crippen molar-refractivity contribution >= 4 is 20.4 Å². The number of hydrogen-bond donors (Lipinski definition) is 0. The van der Waals surface area contributed by atoms with E-state index in [1.807, 2.05) is 91.0 Å². The van der Waals surface area contributed by atoms with E-state index in [-0.39, 0.29) is 4.90 Å². The lowest BCUT2D eigenvalue weighted by Gasteiger charge is -2.39. The first-order valence-electron chi connectivity index (χ1n) is 11.0. The first kappa shape index (κ1) is 24.6. The number of benzene rings is 4. The Morgan fingerprint density at radius 1 is 0.600 bits per heavy atom. The predicted octanol–water partition coefficient (Wildman–Crippen LogP) is 6.83. The van der Waals surface area contributed by atoms with E-state index in [9.17, 15) is 8.42 Å². The molecule has 0 atom stereocenters. The van der Waals surface area contributed by atoms with Crippen LogP contribution in [0.15, 0.2) is 148 Å². The quantitative estimate of drug-likeness (QED) is 0.165. The molecule has 4 rings (SSSR count). The van der Waals surface area contributed by atoms with Gasteiger partial charge in [-0.1, -0.05) is 61.2 Å². The second-order valence-electron chi connectivity index (χ2n) is 7.37. The van der Waals surface area contributed by atoms with Crippen molar-refractivity contribution in [1.82, 2.24) is 0 Å². The van der Waals surface area contributed by atoms with E-state index in [1.165, 1.54) is 18.4 Å². The summed E-state index contributed by atoms with van der Waals surface area (Å²) in [7, 11) is -6.78. The summed E-state index contributed by atoms with van der Waals surface area (Å²) < 4.78 is 44.3. The van der Waals surface area contributed by atoms with E-state index >= 15 is 0 Å². The molecule has 0 spiro atoms. The van der Waals surface area contributed by atoms with Crippen molar-refractivity contribution in [2.24, 2.45) is 0 Å². The largest absolute Gasteiger partial charge is 0.498 e. The van der Waals surface area contributed by atoms with Crippen LogP contribution in [-0.2, 0) is 18.5 Å². The van der Waals surface area contributed by atoms with Gasteiger partial charge in [0.2, 0.25) is 0 Å². The van der Waals surface area contributed by atoms with E-state index in [1.54, 1.807) is 12.1 Å². The van der Waals surface area contributed by atoms with E-state index in [2.05, 4.69) is 6.58 Å². The van der Waals surface area contributed by atoms with Crippen LogP contribution in [0.25, 0.3) is 0 Å². The van der Waals surface area contributed by atoms with Crippen LogP contribution in [0.5, 0.6) is 5.75 Å². The molecule has 0 radical (unpaired) electrons. The lowest BCUT2D eigenvalue weighted by atomic mass is 10.3. The summed E-state index contributed by atoms with van der Waals surface area (Å²) in [6.45, 7) is 4.15. The predicted molar refractivity (Wildman–Crippen MR) is 138 cm³/mol. The zero-order valence-electron chi connectivity index (χ0n) is 19.0. The Labute approximate surface area is 208 Å². The third-order valence-electron chi connectivity index (χ3n) is 5.12. The van der Waals surface area contributed by atoms with Gasteiger partial charge >= 0.3 is 10.1 Å². The summed E-state index contributed by atoms with van der Waals surface area (Å²) in [5.41, 5.74) is 0. The monoisotopic (exact) mass is 506 g/mol. The molecule has 0 aromatic heterocycles. The minimum atomic E-state index is -4.16. The highest BCUT2D eigenvalue weighted by Crippen LogP contribution is 2.70. The zero-order chi connectivity index (χ0) is 24.6. The molecule has 0 aliphatic carbocycles. The average Bonchev–Trinajstić information content (AvgIpc) is 2.91. The fraction of sp³-hybridized carbons (Fsp3) is 0.0714. The van der Waals surface area contributed by atoms with Gasteiger partial charge in [0.15, 0.2) is 0 Å². The summed E-state index contributed by atoms with van der Waals surface area (Å²) in [5, 5.41) is 0. The molecular weight excluding hydrogens is 480 g/mol. The fourth-order valence-electron chi connectivity index (χ4n) is 3.53. The maximum atomic E-state index is 13.7. The summed E-state index contributed by atoms with van der Waals surface area (Å²) in [5.74, 6) is 0.532. The lowest BCUT2D eigenvalue weighted by Crippen LogP contribution is -2.14. The minimum absolute atomic E-state index is 0.0480. The van der Waals surface area contributed by atoms with Crippen molar-refractivity contribution in [3.8, 4) is 5.75 Å². The van der Waals surface area contributed by atoms with Gasteiger partial charge in [-0.2, -0.15) is 8.42 Å². The second kappa shape index (κ2) is 11.3. The van der Waals surface area contributed by atoms with E-state index in [0.717, 1.165) is 14.7 Å². The minimum Gasteiger partial charge on any atom is -0.498 e. The van der Waals surface area contributed by atoms with E-state index in [4.69, 9.17) is 13.1 Å². The molecule has 4 aromatic rings. The van der Waals surface area contributed by atoms with E-state index < -0.39 is 20.4 Å². The molecular formula is C28H26O5S2. The average molecular weight is 507 g/mol. The van der Waals surface area contributed by atoms with Crippen molar-refractivity contribution < 1.29 is 21.5 Å². The molecule has 7 heteroatoms. The van der Waals surface area contributed by atoms with Gasteiger partial charge < -0.3 is 9.47 Å². The molecule has 5 nitrogen and oxygen atoms in total. The molecule has 0 unspecified atom stereocenters. The van der Waals surface area contributed by atoms with Gasteiger partial charge in [0, 0.05) is 14.7 Å². The van der Waals surface area contributed by atoms with Gasteiger partial charge in [0.05, 0.1) is 11.2 Å². The molecule has 0 aliphatic heterocycles. The van der Waals surface area contributed by atoms with Crippen LogP contribution < -0.4 is 4.74 Å². The van der Waals surface area contributed by atoms with Crippen LogP contribution in [0.3, 0.4) is 0 Å². The molecule has 0 aliphatic rings. The number of rotatable bonds is 11. The molecule has 0 amide bonds. The van der Waals surface area contributed by atoms with Gasteiger partial charge in [-0.25, -0.2) is 3.63 Å². The van der Waals surface area contributed by atoms with E-state index in [0.29, 0.717) is 19.0 Å². The smallest absolute Gasteiger partial charge is 0.307 e. The molecule has 0 heterocycles. The van der Waals surface area contributed by atoms with Crippen molar-refractivity contribution in [2.45, 2.75) is 19.6 Å². The summed E-state index contributed by atoms with van der Waals surface area (Å²) in [6, 6.07) is 34.7. The third-order valence-corrected chi connectivity index (χ3v) is 10.3. The molecule has 0 fully saturated rings. The van der Waals surface area contributed by atoms with Gasteiger partial charge in [-0.05, 0) is 71.0 Å². The van der Waals surface area contributed by atoms with Crippen LogP contribution in [0.1, 0.15) is 0 Å². The molecule has 0 saturated carbocycles. The maximum absolute atomic E-state index is 13.7. The Bertz CT molecular complexity index is 1230. The van der Waals surface area contributed by atoms with Crippen LogP contribution >= 0.6 is 10.3 Å². The Morgan fingerprint density at radius 3 is 1.49 bits per heavy atom. The van der Waals surface area contributed by atoms with Crippen molar-refractivity contribution in [3.63, 3.8) is 0 Å². The molecule has 180 valence electrons. The van der Waals surface area contributed by atoms with Gasteiger partial charge in [0.25, 0.3) is 0 Å². The standard InChI is InChI=1S/C28H26O5S2/c1-2-31-22-23-32-24-18-20-28(21-19-24)35(29,30)33-34(25-12-6-3-7-13-25,26-14-8-4-9-15-26)27-16-10-5-11-17-27/h2-21H,1,22-23H2. The molecule has 0 N–H and O–H groups in total. The molecule has 35 heavy (non-hydrogen) atoms. The van der Waals surface area contributed by atoms with Crippen molar-refractivity contribution in [1.29, 1.82) is 0 Å². The van der Waals surface area contributed by atoms with Crippen molar-refractivity contribution in [3.05, 3.63) is 128 Å². The summed E-state index contributed by atoms with van der Waals surface area (Å²) in [4.78, 5) is 2.39. The number of ether oxygens (including phenoxy) is 2. The summed E-state index contributed by atoms with van der Waals surface area (Å²) in [6.07, 6.45) is 1.34. The Kier molecular flexibility index (Phi) is 7.92. The SMILES string of the molecule is C=COCCOc1ccc(S(=O)(=O)OS(c2ccccc2)(c2ccccc2)c2ccccc2)cc1. The van der Waals surface area contributed by atoms with Crippen molar-refractivity contribution in [2.75, 3.05) is 13.2 Å². The fourth-order valence-corrected chi connectivity index (χ4v) is 8.77. The van der Waals surface area contributed by atoms with Crippen LogP contribution in [0.4, 0.5) is 0 Å². The van der Waals surface area contributed by atoms with Crippen LogP contribution in [0.2, 0.25) is 0 Å². The zero-order valence-corrected chi connectivity index (χ0v) is 20.7. The highest BCUT2D eigenvalue weighted by Gasteiger charge is 2.38. The summed E-state index contributed by atoms with van der Waals surface area (Å²) >= 11 is 0. The molecule has 0 bridgehead atoms. The maximum Gasteiger partial charge on any atom is 0.307 e. The lowest BCUT2D eigenvalue weighted by molar-refractivity contribution is 0.179. The normalized spacial score (nSPS) is 12.0. The molecule has 4 aromatic carbocycles. The Morgan fingerprint density at radius 2 is 1.06 bits per heavy atom. The number of hydrogen-bond acceptors (Lipinski definition) is 5. The first-order chi connectivity index (χ1) is 17.1. The Balaban J connectivity index is 1.77. The van der Waals surface area contributed by atoms with Crippen LogP contribution in [-0.4, -0.2) is 21.6 Å². The van der Waals surface area contributed by atoms with Gasteiger partial charge in [-0.15, -0.1) is 0 Å². The highest BCUT2D eigenvalue weighted by molar-refractivity contribution is 8.33. The second-order valence-corrected chi connectivity index (χ2v) is 11.8. The Hall–Kier alpha value is -3.52.